The lowest BCUT2D eigenvalue weighted by Gasteiger charge is -2.33. The molecule has 1 amide bonds. The van der Waals surface area contributed by atoms with E-state index in [1.165, 1.54) is 25.7 Å². The van der Waals surface area contributed by atoms with Crippen LogP contribution in [0, 0.1) is 5.92 Å². The van der Waals surface area contributed by atoms with E-state index in [-0.39, 0.29) is 11.9 Å². The molecule has 0 N–H and O–H groups in total. The van der Waals surface area contributed by atoms with Crippen molar-refractivity contribution in [2.75, 3.05) is 6.54 Å². The lowest BCUT2D eigenvalue weighted by atomic mass is 9.98. The molecule has 5 nitrogen and oxygen atoms in total. The molecule has 2 fully saturated rings. The smallest absolute Gasteiger partial charge is 0.249 e. The molecular weight excluding hydrogens is 362 g/mol. The number of likely N-dealkylation sites (tertiary alicyclic amines) is 1. The molecule has 6 heteroatoms. The average Bonchev–Trinajstić information content (AvgIpc) is 3.39. The molecule has 1 aromatic carbocycles. The van der Waals surface area contributed by atoms with Crippen molar-refractivity contribution in [1.29, 1.82) is 0 Å². The first-order valence-corrected chi connectivity index (χ1v) is 10.5. The summed E-state index contributed by atoms with van der Waals surface area (Å²) in [6.07, 6.45) is 9.87. The molecule has 1 unspecified atom stereocenters. The van der Waals surface area contributed by atoms with Crippen molar-refractivity contribution in [3.8, 4) is 11.4 Å². The molecule has 1 aromatic heterocycles. The molecule has 2 heterocycles. The summed E-state index contributed by atoms with van der Waals surface area (Å²) in [5, 5.41) is 4.80. The standard InChI is InChI=1S/C21H26ClN3O2/c22-17-11-9-16(10-12-17)20-23-21(27-24-20)18-7-3-4-14-25(18)19(26)13-8-15-5-1-2-6-15/h9-12,15,18H,1-8,13-14H2. The van der Waals surface area contributed by atoms with Gasteiger partial charge in [-0.2, -0.15) is 4.98 Å². The van der Waals surface area contributed by atoms with Crippen molar-refractivity contribution in [1.82, 2.24) is 15.0 Å². The summed E-state index contributed by atoms with van der Waals surface area (Å²) in [5.41, 5.74) is 0.865. The topological polar surface area (TPSA) is 59.2 Å². The SMILES string of the molecule is O=C(CCC1CCCC1)N1CCCCC1c1nc(-c2ccc(Cl)cc2)no1. The summed E-state index contributed by atoms with van der Waals surface area (Å²) in [5.74, 6) is 2.06. The van der Waals surface area contributed by atoms with E-state index in [1.54, 1.807) is 0 Å². The Morgan fingerprint density at radius 3 is 2.63 bits per heavy atom. The average molecular weight is 388 g/mol. The van der Waals surface area contributed by atoms with Gasteiger partial charge in [-0.05, 0) is 55.9 Å². The minimum atomic E-state index is -0.0941. The Morgan fingerprint density at radius 2 is 1.85 bits per heavy atom. The lowest BCUT2D eigenvalue weighted by molar-refractivity contribution is -0.136. The maximum absolute atomic E-state index is 12.9. The van der Waals surface area contributed by atoms with Crippen molar-refractivity contribution in [3.63, 3.8) is 0 Å². The summed E-state index contributed by atoms with van der Waals surface area (Å²) in [7, 11) is 0. The maximum atomic E-state index is 12.9. The highest BCUT2D eigenvalue weighted by Gasteiger charge is 2.32. The van der Waals surface area contributed by atoms with E-state index in [0.717, 1.165) is 43.7 Å². The van der Waals surface area contributed by atoms with E-state index >= 15 is 0 Å². The zero-order valence-electron chi connectivity index (χ0n) is 15.6. The van der Waals surface area contributed by atoms with Gasteiger partial charge in [-0.25, -0.2) is 0 Å². The lowest BCUT2D eigenvalue weighted by Crippen LogP contribution is -2.38. The second-order valence-corrected chi connectivity index (χ2v) is 8.19. The molecule has 144 valence electrons. The summed E-state index contributed by atoms with van der Waals surface area (Å²) in [6, 6.07) is 7.28. The van der Waals surface area contributed by atoms with Crippen molar-refractivity contribution >= 4 is 17.5 Å². The van der Waals surface area contributed by atoms with Crippen molar-refractivity contribution in [3.05, 3.63) is 35.2 Å². The molecule has 1 aliphatic carbocycles. The number of halogens is 1. The summed E-state index contributed by atoms with van der Waals surface area (Å²) in [4.78, 5) is 19.4. The number of aromatic nitrogens is 2. The molecule has 2 aromatic rings. The zero-order valence-corrected chi connectivity index (χ0v) is 16.3. The van der Waals surface area contributed by atoms with Gasteiger partial charge < -0.3 is 9.42 Å². The maximum Gasteiger partial charge on any atom is 0.249 e. The molecule has 0 bridgehead atoms. The molecule has 27 heavy (non-hydrogen) atoms. The number of benzene rings is 1. The van der Waals surface area contributed by atoms with Crippen LogP contribution in [0.2, 0.25) is 5.02 Å². The van der Waals surface area contributed by atoms with Gasteiger partial charge in [-0.3, -0.25) is 4.79 Å². The van der Waals surface area contributed by atoms with Gasteiger partial charge in [0.15, 0.2) is 0 Å². The second-order valence-electron chi connectivity index (χ2n) is 7.75. The fourth-order valence-electron chi connectivity index (χ4n) is 4.34. The van der Waals surface area contributed by atoms with E-state index < -0.39 is 0 Å². The molecule has 2 aliphatic rings. The Hall–Kier alpha value is -1.88. The third-order valence-electron chi connectivity index (χ3n) is 5.89. The molecule has 0 radical (unpaired) electrons. The van der Waals surface area contributed by atoms with Gasteiger partial charge in [0.1, 0.15) is 6.04 Å². The third kappa shape index (κ3) is 4.34. The monoisotopic (exact) mass is 387 g/mol. The van der Waals surface area contributed by atoms with Gasteiger partial charge in [-0.15, -0.1) is 0 Å². The molecule has 1 atom stereocenters. The van der Waals surface area contributed by atoms with Crippen LogP contribution in [0.4, 0.5) is 0 Å². The highest BCUT2D eigenvalue weighted by molar-refractivity contribution is 6.30. The largest absolute Gasteiger partial charge is 0.337 e. The minimum absolute atomic E-state index is 0.0941. The first-order chi connectivity index (χ1) is 13.2. The van der Waals surface area contributed by atoms with Crippen LogP contribution in [-0.4, -0.2) is 27.5 Å². The van der Waals surface area contributed by atoms with Crippen molar-refractivity contribution < 1.29 is 9.32 Å². The van der Waals surface area contributed by atoms with Crippen molar-refractivity contribution in [2.24, 2.45) is 5.92 Å². The Kier molecular flexibility index (Phi) is 5.77. The summed E-state index contributed by atoms with van der Waals surface area (Å²) < 4.78 is 5.56. The molecule has 0 spiro atoms. The van der Waals surface area contributed by atoms with E-state index in [9.17, 15) is 4.79 Å². The number of hydrogen-bond donors (Lipinski definition) is 0. The number of amides is 1. The second kappa shape index (κ2) is 8.42. The summed E-state index contributed by atoms with van der Waals surface area (Å²) in [6.45, 7) is 0.785. The number of piperidine rings is 1. The first-order valence-electron chi connectivity index (χ1n) is 10.1. The van der Waals surface area contributed by atoms with Gasteiger partial charge in [0.25, 0.3) is 0 Å². The van der Waals surface area contributed by atoms with Crippen LogP contribution in [0.3, 0.4) is 0 Å². The fraction of sp³-hybridized carbons (Fsp3) is 0.571. The van der Waals surface area contributed by atoms with E-state index in [0.29, 0.717) is 23.2 Å². The molecule has 1 saturated heterocycles. The number of rotatable bonds is 5. The third-order valence-corrected chi connectivity index (χ3v) is 6.15. The molecular formula is C21H26ClN3O2. The molecule has 1 aliphatic heterocycles. The van der Waals surface area contributed by atoms with E-state index in [4.69, 9.17) is 16.1 Å². The van der Waals surface area contributed by atoms with Gasteiger partial charge in [0.2, 0.25) is 17.6 Å². The van der Waals surface area contributed by atoms with Crippen LogP contribution >= 0.6 is 11.6 Å². The van der Waals surface area contributed by atoms with Gasteiger partial charge in [0, 0.05) is 23.6 Å². The van der Waals surface area contributed by atoms with Gasteiger partial charge in [0.05, 0.1) is 0 Å². The van der Waals surface area contributed by atoms with E-state index in [1.807, 2.05) is 29.2 Å². The number of nitrogens with zero attached hydrogens (tertiary/aromatic N) is 3. The van der Waals surface area contributed by atoms with E-state index in [2.05, 4.69) is 10.1 Å². The Balaban J connectivity index is 1.45. The Bertz CT molecular complexity index is 768. The quantitative estimate of drug-likeness (QED) is 0.687. The highest BCUT2D eigenvalue weighted by Crippen LogP contribution is 2.33. The van der Waals surface area contributed by atoms with Gasteiger partial charge in [-0.1, -0.05) is 42.4 Å². The first kappa shape index (κ1) is 18.5. The number of carbonyl (C=O) groups is 1. The van der Waals surface area contributed by atoms with Crippen LogP contribution in [0.1, 0.15) is 69.7 Å². The minimum Gasteiger partial charge on any atom is -0.337 e. The fourth-order valence-corrected chi connectivity index (χ4v) is 4.47. The van der Waals surface area contributed by atoms with Gasteiger partial charge >= 0.3 is 0 Å². The van der Waals surface area contributed by atoms with Crippen LogP contribution in [-0.2, 0) is 4.79 Å². The number of carbonyl (C=O) groups excluding carboxylic acids is 1. The molecule has 1 saturated carbocycles. The van der Waals surface area contributed by atoms with Crippen LogP contribution in [0.25, 0.3) is 11.4 Å². The van der Waals surface area contributed by atoms with Crippen LogP contribution in [0.15, 0.2) is 28.8 Å². The Morgan fingerprint density at radius 1 is 1.11 bits per heavy atom. The summed E-state index contributed by atoms with van der Waals surface area (Å²) >= 11 is 5.95. The predicted octanol–water partition coefficient (Wildman–Crippen LogP) is 5.41. The predicted molar refractivity (Wildman–Crippen MR) is 104 cm³/mol. The Labute approximate surface area is 165 Å². The normalized spacial score (nSPS) is 20.9. The van der Waals surface area contributed by atoms with Crippen LogP contribution < -0.4 is 0 Å². The van der Waals surface area contributed by atoms with Crippen molar-refractivity contribution in [2.45, 2.75) is 63.8 Å². The number of hydrogen-bond acceptors (Lipinski definition) is 4. The zero-order chi connectivity index (χ0) is 18.6. The highest BCUT2D eigenvalue weighted by atomic mass is 35.5. The van der Waals surface area contributed by atoms with Crippen LogP contribution in [0.5, 0.6) is 0 Å². The molecule has 4 rings (SSSR count).